The number of halogens is 2. The third-order valence-electron chi connectivity index (χ3n) is 2.72. The molecule has 2 nitrogen and oxygen atoms in total. The molecule has 0 spiro atoms. The van der Waals surface area contributed by atoms with Gasteiger partial charge in [0.25, 0.3) is 5.76 Å². The van der Waals surface area contributed by atoms with Crippen LogP contribution in [0.3, 0.4) is 0 Å². The molecule has 0 atom stereocenters. The largest absolute Gasteiger partial charge is 0.497 e. The third kappa shape index (κ3) is 4.13. The summed E-state index contributed by atoms with van der Waals surface area (Å²) >= 11 is 0.547. The van der Waals surface area contributed by atoms with Crippen molar-refractivity contribution in [3.8, 4) is 5.75 Å². The molecule has 0 radical (unpaired) electrons. The first kappa shape index (κ1) is 14.7. The molecular formula is C15H15F2NOS. The van der Waals surface area contributed by atoms with E-state index in [-0.39, 0.29) is 0 Å². The maximum absolute atomic E-state index is 12.5. The van der Waals surface area contributed by atoms with Crippen LogP contribution < -0.4 is 10.1 Å². The summed E-state index contributed by atoms with van der Waals surface area (Å²) in [6.07, 6.45) is 0. The number of alkyl halides is 2. The van der Waals surface area contributed by atoms with E-state index in [4.69, 9.17) is 4.74 Å². The molecule has 20 heavy (non-hydrogen) atoms. The molecule has 0 saturated heterocycles. The molecule has 0 bridgehead atoms. The summed E-state index contributed by atoms with van der Waals surface area (Å²) in [6, 6.07) is 14.7. The molecule has 0 fully saturated rings. The predicted molar refractivity (Wildman–Crippen MR) is 78.6 cm³/mol. The van der Waals surface area contributed by atoms with Crippen LogP contribution in [-0.2, 0) is 6.54 Å². The Bertz CT molecular complexity index is 563. The number of ether oxygens (including phenoxy) is 1. The zero-order chi connectivity index (χ0) is 14.4. The second-order valence-corrected chi connectivity index (χ2v) is 5.11. The van der Waals surface area contributed by atoms with Crippen molar-refractivity contribution >= 4 is 17.4 Å². The van der Waals surface area contributed by atoms with Gasteiger partial charge in [-0.25, -0.2) is 0 Å². The van der Waals surface area contributed by atoms with Gasteiger partial charge in [-0.05, 0) is 29.8 Å². The predicted octanol–water partition coefficient (Wildman–Crippen LogP) is 4.62. The van der Waals surface area contributed by atoms with E-state index in [1.807, 2.05) is 30.3 Å². The zero-order valence-corrected chi connectivity index (χ0v) is 11.8. The van der Waals surface area contributed by atoms with E-state index in [2.05, 4.69) is 5.32 Å². The van der Waals surface area contributed by atoms with Crippen LogP contribution in [0, 0.1) is 0 Å². The normalized spacial score (nSPS) is 10.6. The second kappa shape index (κ2) is 7.14. The van der Waals surface area contributed by atoms with Crippen molar-refractivity contribution in [2.45, 2.75) is 17.2 Å². The third-order valence-corrected chi connectivity index (χ3v) is 3.51. The molecule has 0 aliphatic carbocycles. The molecule has 0 heterocycles. The van der Waals surface area contributed by atoms with Crippen molar-refractivity contribution in [2.75, 3.05) is 12.4 Å². The van der Waals surface area contributed by atoms with Crippen molar-refractivity contribution in [3.63, 3.8) is 0 Å². The van der Waals surface area contributed by atoms with E-state index in [0.29, 0.717) is 28.9 Å². The molecule has 0 amide bonds. The van der Waals surface area contributed by atoms with Gasteiger partial charge in [0.2, 0.25) is 0 Å². The molecule has 5 heteroatoms. The molecule has 0 saturated carbocycles. The maximum Gasteiger partial charge on any atom is 0.288 e. The van der Waals surface area contributed by atoms with Crippen molar-refractivity contribution in [2.24, 2.45) is 0 Å². The van der Waals surface area contributed by atoms with Crippen LogP contribution in [0.2, 0.25) is 0 Å². The number of hydrogen-bond acceptors (Lipinski definition) is 3. The number of methoxy groups -OCH3 is 1. The Hall–Kier alpha value is -1.75. The average molecular weight is 295 g/mol. The number of thioether (sulfide) groups is 1. The monoisotopic (exact) mass is 295 g/mol. The van der Waals surface area contributed by atoms with Crippen LogP contribution in [0.1, 0.15) is 5.56 Å². The Kier molecular flexibility index (Phi) is 5.24. The number of benzene rings is 2. The fourth-order valence-corrected chi connectivity index (χ4v) is 2.41. The van der Waals surface area contributed by atoms with Gasteiger partial charge in [-0.3, -0.25) is 0 Å². The first-order valence-electron chi connectivity index (χ1n) is 6.09. The summed E-state index contributed by atoms with van der Waals surface area (Å²) in [5.41, 5.74) is 1.74. The number of rotatable bonds is 6. The van der Waals surface area contributed by atoms with Gasteiger partial charge in [0.1, 0.15) is 5.75 Å². The van der Waals surface area contributed by atoms with Crippen LogP contribution >= 0.6 is 11.8 Å². The lowest BCUT2D eigenvalue weighted by atomic mass is 10.2. The summed E-state index contributed by atoms with van der Waals surface area (Å²) in [6.45, 7) is 0.554. The SMILES string of the molecule is COc1cccc(CNc2ccccc2SC(F)F)c1. The van der Waals surface area contributed by atoms with E-state index in [1.165, 1.54) is 0 Å². The van der Waals surface area contributed by atoms with Gasteiger partial charge in [-0.1, -0.05) is 36.0 Å². The van der Waals surface area contributed by atoms with Gasteiger partial charge in [0, 0.05) is 17.1 Å². The molecule has 0 aliphatic rings. The minimum Gasteiger partial charge on any atom is -0.497 e. The molecule has 0 aliphatic heterocycles. The highest BCUT2D eigenvalue weighted by Gasteiger charge is 2.09. The minimum absolute atomic E-state index is 0.547. The van der Waals surface area contributed by atoms with Gasteiger partial charge in [-0.15, -0.1) is 0 Å². The lowest BCUT2D eigenvalue weighted by molar-refractivity contribution is 0.252. The molecule has 106 valence electrons. The Balaban J connectivity index is 2.06. The topological polar surface area (TPSA) is 21.3 Å². The molecule has 2 aromatic rings. The van der Waals surface area contributed by atoms with Gasteiger partial charge >= 0.3 is 0 Å². The molecule has 0 aromatic heterocycles. The Morgan fingerprint density at radius 2 is 1.95 bits per heavy atom. The lowest BCUT2D eigenvalue weighted by Crippen LogP contribution is -2.01. The molecular weight excluding hydrogens is 280 g/mol. The maximum atomic E-state index is 12.5. The summed E-state index contributed by atoms with van der Waals surface area (Å²) in [4.78, 5) is 0.547. The summed E-state index contributed by atoms with van der Waals surface area (Å²) in [5.74, 6) is -1.64. The van der Waals surface area contributed by atoms with Crippen LogP contribution in [0.4, 0.5) is 14.5 Å². The highest BCUT2D eigenvalue weighted by Crippen LogP contribution is 2.31. The average Bonchev–Trinajstić information content (AvgIpc) is 2.46. The number of anilines is 1. The molecule has 1 N–H and O–H groups in total. The first-order chi connectivity index (χ1) is 9.69. The van der Waals surface area contributed by atoms with Crippen LogP contribution in [-0.4, -0.2) is 12.9 Å². The summed E-state index contributed by atoms with van der Waals surface area (Å²) < 4.78 is 30.1. The smallest absolute Gasteiger partial charge is 0.288 e. The van der Waals surface area contributed by atoms with E-state index < -0.39 is 5.76 Å². The molecule has 2 aromatic carbocycles. The van der Waals surface area contributed by atoms with E-state index >= 15 is 0 Å². The Morgan fingerprint density at radius 3 is 2.70 bits per heavy atom. The van der Waals surface area contributed by atoms with Gasteiger partial charge in [0.05, 0.1) is 7.11 Å². The highest BCUT2D eigenvalue weighted by molar-refractivity contribution is 7.99. The van der Waals surface area contributed by atoms with E-state index in [0.717, 1.165) is 11.3 Å². The number of hydrogen-bond donors (Lipinski definition) is 1. The van der Waals surface area contributed by atoms with Gasteiger partial charge in [-0.2, -0.15) is 8.78 Å². The van der Waals surface area contributed by atoms with Gasteiger partial charge < -0.3 is 10.1 Å². The fourth-order valence-electron chi connectivity index (χ4n) is 1.79. The van der Waals surface area contributed by atoms with Crippen LogP contribution in [0.15, 0.2) is 53.4 Å². The van der Waals surface area contributed by atoms with Crippen molar-refractivity contribution < 1.29 is 13.5 Å². The zero-order valence-electron chi connectivity index (χ0n) is 11.0. The summed E-state index contributed by atoms with van der Waals surface area (Å²) in [7, 11) is 1.61. The van der Waals surface area contributed by atoms with Crippen molar-refractivity contribution in [3.05, 3.63) is 54.1 Å². The summed E-state index contributed by atoms with van der Waals surface area (Å²) in [5, 5.41) is 3.18. The first-order valence-corrected chi connectivity index (χ1v) is 6.97. The van der Waals surface area contributed by atoms with Crippen LogP contribution in [0.5, 0.6) is 5.75 Å². The van der Waals surface area contributed by atoms with E-state index in [9.17, 15) is 8.78 Å². The lowest BCUT2D eigenvalue weighted by Gasteiger charge is -2.12. The number of nitrogens with one attached hydrogen (secondary N) is 1. The highest BCUT2D eigenvalue weighted by atomic mass is 32.2. The number of para-hydroxylation sites is 1. The Morgan fingerprint density at radius 1 is 1.15 bits per heavy atom. The molecule has 2 rings (SSSR count). The van der Waals surface area contributed by atoms with Crippen molar-refractivity contribution in [1.82, 2.24) is 0 Å². The van der Waals surface area contributed by atoms with E-state index in [1.54, 1.807) is 25.3 Å². The Labute approximate surface area is 121 Å². The van der Waals surface area contributed by atoms with Crippen LogP contribution in [0.25, 0.3) is 0 Å². The minimum atomic E-state index is -2.42. The standard InChI is InChI=1S/C15H15F2NOS/c1-19-12-6-4-5-11(9-12)10-18-13-7-2-3-8-14(13)20-15(16)17/h2-9,15,18H,10H2,1H3. The van der Waals surface area contributed by atoms with Gasteiger partial charge in [0.15, 0.2) is 0 Å². The van der Waals surface area contributed by atoms with Crippen molar-refractivity contribution in [1.29, 1.82) is 0 Å². The molecule has 0 unspecified atom stereocenters. The second-order valence-electron chi connectivity index (χ2n) is 4.08. The fraction of sp³-hybridized carbons (Fsp3) is 0.200. The quantitative estimate of drug-likeness (QED) is 0.786.